The van der Waals surface area contributed by atoms with Crippen molar-refractivity contribution in [3.8, 4) is 51.0 Å². The summed E-state index contributed by atoms with van der Waals surface area (Å²) < 4.78 is 9.36. The quantitative estimate of drug-likeness (QED) is 0.162. The molecule has 0 amide bonds. The number of furan rings is 1. The highest BCUT2D eigenvalue weighted by molar-refractivity contribution is 6.18. The van der Waals surface area contributed by atoms with Crippen LogP contribution in [-0.4, -0.2) is 19.5 Å². The molecule has 14 aromatic rings. The van der Waals surface area contributed by atoms with Gasteiger partial charge in [0.15, 0.2) is 17.5 Å². The van der Waals surface area contributed by atoms with Crippen LogP contribution in [-0.2, 0) is 0 Å². The van der Waals surface area contributed by atoms with Crippen molar-refractivity contribution >= 4 is 86.8 Å². The van der Waals surface area contributed by atoms with Crippen LogP contribution in [0.4, 0.5) is 0 Å². The molecule has 5 nitrogen and oxygen atoms in total. The Bertz CT molecular complexity index is 4300. The SMILES string of the molecule is c1ccc(-c2cccc(-c3nc(-c4ccc5c(ccc6ccccc65)c4)nc(-c4cc(-n5c6ccccc6c6cc7ccccc7cc65)c5c(c4)oc4cc6ccccc6cc45)n3)c2)cc1. The zero-order valence-corrected chi connectivity index (χ0v) is 35.5. The van der Waals surface area contributed by atoms with E-state index in [4.69, 9.17) is 19.4 Å². The average Bonchev–Trinajstić information content (AvgIpc) is 3.91. The van der Waals surface area contributed by atoms with Crippen LogP contribution in [0.2, 0.25) is 0 Å². The minimum absolute atomic E-state index is 0.554. The Hall–Kier alpha value is -8.93. The Morgan fingerprint density at radius 3 is 1.65 bits per heavy atom. The van der Waals surface area contributed by atoms with E-state index in [9.17, 15) is 0 Å². The van der Waals surface area contributed by atoms with E-state index < -0.39 is 0 Å². The molecule has 5 heteroatoms. The maximum absolute atomic E-state index is 6.95. The van der Waals surface area contributed by atoms with Gasteiger partial charge in [0.05, 0.1) is 22.1 Å². The van der Waals surface area contributed by atoms with Crippen molar-refractivity contribution in [2.75, 3.05) is 0 Å². The predicted octanol–water partition coefficient (Wildman–Crippen LogP) is 16.1. The first-order valence-electron chi connectivity index (χ1n) is 22.3. The van der Waals surface area contributed by atoms with Gasteiger partial charge in [0.2, 0.25) is 0 Å². The minimum atomic E-state index is 0.554. The molecule has 0 fully saturated rings. The van der Waals surface area contributed by atoms with Crippen LogP contribution >= 0.6 is 0 Å². The zero-order chi connectivity index (χ0) is 43.3. The lowest BCUT2D eigenvalue weighted by atomic mass is 10.00. The fourth-order valence-electron chi connectivity index (χ4n) is 10.2. The van der Waals surface area contributed by atoms with Crippen molar-refractivity contribution in [1.29, 1.82) is 0 Å². The van der Waals surface area contributed by atoms with Gasteiger partial charge in [-0.05, 0) is 109 Å². The highest BCUT2D eigenvalue weighted by Gasteiger charge is 2.23. The smallest absolute Gasteiger partial charge is 0.164 e. The van der Waals surface area contributed by atoms with Crippen LogP contribution in [0.5, 0.6) is 0 Å². The number of hydrogen-bond acceptors (Lipinski definition) is 4. The number of aromatic nitrogens is 4. The van der Waals surface area contributed by atoms with Crippen molar-refractivity contribution in [1.82, 2.24) is 19.5 Å². The lowest BCUT2D eigenvalue weighted by Crippen LogP contribution is -2.02. The van der Waals surface area contributed by atoms with Gasteiger partial charge in [-0.1, -0.05) is 164 Å². The second kappa shape index (κ2) is 14.3. The molecule has 3 aromatic heterocycles. The fourth-order valence-corrected chi connectivity index (χ4v) is 10.2. The van der Waals surface area contributed by atoms with E-state index in [1.807, 2.05) is 6.07 Å². The van der Waals surface area contributed by atoms with Gasteiger partial charge in [0, 0.05) is 32.8 Å². The fraction of sp³-hybridized carbons (Fsp3) is 0. The van der Waals surface area contributed by atoms with Gasteiger partial charge in [-0.2, -0.15) is 0 Å². The Balaban J connectivity index is 1.06. The summed E-state index contributed by atoms with van der Waals surface area (Å²) >= 11 is 0. The lowest BCUT2D eigenvalue weighted by Gasteiger charge is -2.14. The molecule has 0 bridgehead atoms. The molecular weight excluding hydrogens is 805 g/mol. The number of rotatable bonds is 5. The Labute approximate surface area is 378 Å². The number of benzene rings is 11. The summed E-state index contributed by atoms with van der Waals surface area (Å²) in [6, 6.07) is 77.6. The van der Waals surface area contributed by atoms with Crippen LogP contribution < -0.4 is 0 Å². The third kappa shape index (κ3) is 5.77. The summed E-state index contributed by atoms with van der Waals surface area (Å²) in [5.74, 6) is 1.74. The molecule has 0 radical (unpaired) electrons. The molecule has 3 heterocycles. The van der Waals surface area contributed by atoms with Gasteiger partial charge >= 0.3 is 0 Å². The molecule has 0 unspecified atom stereocenters. The Morgan fingerprint density at radius 1 is 0.288 bits per heavy atom. The molecule has 0 saturated carbocycles. The van der Waals surface area contributed by atoms with Crippen molar-refractivity contribution in [3.63, 3.8) is 0 Å². The second-order valence-corrected chi connectivity index (χ2v) is 17.2. The molecule has 0 atom stereocenters. The second-order valence-electron chi connectivity index (χ2n) is 17.2. The van der Waals surface area contributed by atoms with Crippen LogP contribution in [0.15, 0.2) is 223 Å². The first-order valence-corrected chi connectivity index (χ1v) is 22.3. The molecule has 0 aliphatic carbocycles. The highest BCUT2D eigenvalue weighted by Crippen LogP contribution is 2.43. The maximum atomic E-state index is 6.95. The van der Waals surface area contributed by atoms with E-state index >= 15 is 0 Å². The van der Waals surface area contributed by atoms with Crippen LogP contribution in [0.1, 0.15) is 0 Å². The number of para-hydroxylation sites is 1. The first-order chi connectivity index (χ1) is 32.7. The standard InChI is InChI=1S/C61H36N4O/c1-2-13-37(14-3-1)39-20-12-21-45(29-39)59-62-60(46-27-28-49-44(30-46)26-25-38-15-8-9-22-48(38)49)64-61(63-59)47-34-55(58-52-32-41-17-5-7-19-43(41)35-56(52)66-57(58)36-47)65-53-24-11-10-23-50(53)51-31-40-16-4-6-18-42(40)33-54(51)65/h1-36H. The van der Waals surface area contributed by atoms with Gasteiger partial charge in [-0.25, -0.2) is 15.0 Å². The Morgan fingerprint density at radius 2 is 0.864 bits per heavy atom. The normalized spacial score (nSPS) is 11.9. The third-order valence-corrected chi connectivity index (χ3v) is 13.3. The van der Waals surface area contributed by atoms with E-state index in [-0.39, 0.29) is 0 Å². The molecule has 0 aliphatic heterocycles. The molecule has 0 aliphatic rings. The molecule has 0 spiro atoms. The maximum Gasteiger partial charge on any atom is 0.164 e. The van der Waals surface area contributed by atoms with E-state index in [0.717, 1.165) is 82.6 Å². The third-order valence-electron chi connectivity index (χ3n) is 13.3. The monoisotopic (exact) mass is 840 g/mol. The van der Waals surface area contributed by atoms with E-state index in [1.54, 1.807) is 0 Å². The van der Waals surface area contributed by atoms with Crippen LogP contribution in [0.3, 0.4) is 0 Å². The molecule has 14 rings (SSSR count). The topological polar surface area (TPSA) is 56.7 Å². The number of fused-ring (bicyclic) bond motifs is 11. The van der Waals surface area contributed by atoms with Crippen molar-refractivity contribution in [2.24, 2.45) is 0 Å². The van der Waals surface area contributed by atoms with Gasteiger partial charge in [-0.3, -0.25) is 0 Å². The first kappa shape index (κ1) is 36.5. The van der Waals surface area contributed by atoms with Gasteiger partial charge in [-0.15, -0.1) is 0 Å². The van der Waals surface area contributed by atoms with Gasteiger partial charge in [0.1, 0.15) is 11.2 Å². The van der Waals surface area contributed by atoms with E-state index in [2.05, 4.69) is 217 Å². The lowest BCUT2D eigenvalue weighted by molar-refractivity contribution is 0.669. The molecule has 11 aromatic carbocycles. The molecule has 0 saturated heterocycles. The summed E-state index contributed by atoms with van der Waals surface area (Å²) in [5.41, 5.74) is 9.64. The van der Waals surface area contributed by atoms with E-state index in [1.165, 1.54) is 37.7 Å². The van der Waals surface area contributed by atoms with Crippen LogP contribution in [0, 0.1) is 0 Å². The van der Waals surface area contributed by atoms with Crippen molar-refractivity contribution in [2.45, 2.75) is 0 Å². The average molecular weight is 841 g/mol. The van der Waals surface area contributed by atoms with Gasteiger partial charge < -0.3 is 8.98 Å². The molecule has 66 heavy (non-hydrogen) atoms. The van der Waals surface area contributed by atoms with Crippen molar-refractivity contribution in [3.05, 3.63) is 218 Å². The molecule has 306 valence electrons. The summed E-state index contributed by atoms with van der Waals surface area (Å²) in [6.07, 6.45) is 0. The number of nitrogens with zero attached hydrogens (tertiary/aromatic N) is 4. The Kier molecular flexibility index (Phi) is 7.91. The minimum Gasteiger partial charge on any atom is -0.456 e. The summed E-state index contributed by atoms with van der Waals surface area (Å²) in [4.78, 5) is 16.0. The predicted molar refractivity (Wildman–Crippen MR) is 273 cm³/mol. The summed E-state index contributed by atoms with van der Waals surface area (Å²) in [7, 11) is 0. The summed E-state index contributed by atoms with van der Waals surface area (Å²) in [5, 5.41) is 13.9. The largest absolute Gasteiger partial charge is 0.456 e. The highest BCUT2D eigenvalue weighted by atomic mass is 16.3. The van der Waals surface area contributed by atoms with Gasteiger partial charge in [0.25, 0.3) is 0 Å². The molecular formula is C61H36N4O. The van der Waals surface area contributed by atoms with E-state index in [0.29, 0.717) is 17.5 Å². The number of hydrogen-bond donors (Lipinski definition) is 0. The van der Waals surface area contributed by atoms with Crippen LogP contribution in [0.25, 0.3) is 138 Å². The molecule has 0 N–H and O–H groups in total. The van der Waals surface area contributed by atoms with Crippen molar-refractivity contribution < 1.29 is 4.42 Å². The zero-order valence-electron chi connectivity index (χ0n) is 35.5. The summed E-state index contributed by atoms with van der Waals surface area (Å²) in [6.45, 7) is 0.